The highest BCUT2D eigenvalue weighted by molar-refractivity contribution is 7.16. The van der Waals surface area contributed by atoms with Crippen LogP contribution in [0, 0.1) is 0 Å². The van der Waals surface area contributed by atoms with Gasteiger partial charge in [0.15, 0.2) is 0 Å². The van der Waals surface area contributed by atoms with E-state index < -0.39 is 0 Å². The third-order valence-electron chi connectivity index (χ3n) is 4.40. The van der Waals surface area contributed by atoms with Gasteiger partial charge in [-0.1, -0.05) is 48.5 Å². The van der Waals surface area contributed by atoms with Crippen molar-refractivity contribution >= 4 is 40.8 Å². The van der Waals surface area contributed by atoms with Crippen molar-refractivity contribution in [3.05, 3.63) is 108 Å². The van der Waals surface area contributed by atoms with E-state index in [1.54, 1.807) is 11.3 Å². The zero-order valence-electron chi connectivity index (χ0n) is 15.2. The van der Waals surface area contributed by atoms with Gasteiger partial charge in [-0.15, -0.1) is 11.3 Å². The maximum Gasteiger partial charge on any atom is 0.142 e. The molecule has 0 saturated heterocycles. The van der Waals surface area contributed by atoms with Crippen molar-refractivity contribution < 1.29 is 4.79 Å². The SMILES string of the molecule is O=CC=Cc1ccc(-c2ccc(N(c3ccccc3)c3ccccc3)cc2)s1. The summed E-state index contributed by atoms with van der Waals surface area (Å²) in [7, 11) is 0. The first-order chi connectivity index (χ1) is 13.8. The fraction of sp³-hybridized carbons (Fsp3) is 0. The summed E-state index contributed by atoms with van der Waals surface area (Å²) < 4.78 is 0. The van der Waals surface area contributed by atoms with Gasteiger partial charge in [-0.2, -0.15) is 0 Å². The molecule has 0 radical (unpaired) electrons. The monoisotopic (exact) mass is 381 g/mol. The van der Waals surface area contributed by atoms with E-state index in [2.05, 4.69) is 83.8 Å². The second kappa shape index (κ2) is 8.51. The third kappa shape index (κ3) is 3.95. The van der Waals surface area contributed by atoms with E-state index in [1.807, 2.05) is 24.3 Å². The van der Waals surface area contributed by atoms with E-state index in [0.29, 0.717) is 0 Å². The van der Waals surface area contributed by atoms with Crippen LogP contribution in [-0.4, -0.2) is 6.29 Å². The molecular weight excluding hydrogens is 362 g/mol. The van der Waals surface area contributed by atoms with E-state index in [1.165, 1.54) is 16.5 Å². The fourth-order valence-corrected chi connectivity index (χ4v) is 4.03. The number of carbonyl (C=O) groups is 1. The first kappa shape index (κ1) is 18.0. The molecule has 0 N–H and O–H groups in total. The van der Waals surface area contributed by atoms with Crippen LogP contribution in [0.25, 0.3) is 16.5 Å². The Bertz CT molecular complexity index is 1030. The molecule has 1 heterocycles. The maximum absolute atomic E-state index is 10.5. The van der Waals surface area contributed by atoms with Crippen LogP contribution in [0.3, 0.4) is 0 Å². The number of para-hydroxylation sites is 2. The minimum absolute atomic E-state index is 0.802. The van der Waals surface area contributed by atoms with Crippen molar-refractivity contribution in [1.29, 1.82) is 0 Å². The molecule has 28 heavy (non-hydrogen) atoms. The number of aldehydes is 1. The Balaban J connectivity index is 1.68. The van der Waals surface area contributed by atoms with Gasteiger partial charge in [-0.05, 0) is 66.2 Å². The molecule has 0 bridgehead atoms. The second-order valence-electron chi connectivity index (χ2n) is 6.25. The lowest BCUT2D eigenvalue weighted by atomic mass is 10.1. The first-order valence-electron chi connectivity index (χ1n) is 9.07. The van der Waals surface area contributed by atoms with Crippen molar-refractivity contribution in [2.75, 3.05) is 4.90 Å². The molecule has 0 unspecified atom stereocenters. The van der Waals surface area contributed by atoms with Crippen molar-refractivity contribution in [3.63, 3.8) is 0 Å². The van der Waals surface area contributed by atoms with E-state index in [0.717, 1.165) is 28.2 Å². The number of allylic oxidation sites excluding steroid dienone is 1. The lowest BCUT2D eigenvalue weighted by Crippen LogP contribution is -2.09. The highest BCUT2D eigenvalue weighted by atomic mass is 32.1. The first-order valence-corrected chi connectivity index (χ1v) is 9.89. The fourth-order valence-electron chi connectivity index (χ4n) is 3.11. The minimum atomic E-state index is 0.802. The van der Waals surface area contributed by atoms with Crippen LogP contribution in [-0.2, 0) is 4.79 Å². The predicted octanol–water partition coefficient (Wildman–Crippen LogP) is 7.10. The van der Waals surface area contributed by atoms with Crippen LogP contribution in [0.2, 0.25) is 0 Å². The Hall–Kier alpha value is -3.43. The van der Waals surface area contributed by atoms with Gasteiger partial charge in [0, 0.05) is 26.8 Å². The summed E-state index contributed by atoms with van der Waals surface area (Å²) in [6.07, 6.45) is 4.16. The minimum Gasteiger partial charge on any atom is -0.311 e. The second-order valence-corrected chi connectivity index (χ2v) is 7.37. The maximum atomic E-state index is 10.5. The Morgan fingerprint density at radius 3 is 1.79 bits per heavy atom. The number of hydrogen-bond acceptors (Lipinski definition) is 3. The van der Waals surface area contributed by atoms with Gasteiger partial charge in [0.2, 0.25) is 0 Å². The van der Waals surface area contributed by atoms with Gasteiger partial charge < -0.3 is 4.90 Å². The van der Waals surface area contributed by atoms with Crippen LogP contribution >= 0.6 is 11.3 Å². The van der Waals surface area contributed by atoms with Crippen LogP contribution in [0.5, 0.6) is 0 Å². The number of thiophene rings is 1. The Kier molecular flexibility index (Phi) is 5.46. The highest BCUT2D eigenvalue weighted by Gasteiger charge is 2.12. The quantitative estimate of drug-likeness (QED) is 0.262. The molecule has 0 amide bonds. The highest BCUT2D eigenvalue weighted by Crippen LogP contribution is 2.36. The summed E-state index contributed by atoms with van der Waals surface area (Å²) in [5.74, 6) is 0. The molecule has 0 fully saturated rings. The molecule has 0 saturated carbocycles. The number of carbonyl (C=O) groups excluding carboxylic acids is 1. The van der Waals surface area contributed by atoms with Crippen molar-refractivity contribution in [3.8, 4) is 10.4 Å². The zero-order chi connectivity index (χ0) is 19.2. The van der Waals surface area contributed by atoms with Gasteiger partial charge in [0.05, 0.1) is 0 Å². The standard InChI is InChI=1S/C25H19NOS/c27-19-7-12-24-17-18-25(28-24)20-13-15-23(16-14-20)26(21-8-3-1-4-9-21)22-10-5-2-6-11-22/h1-19H. The van der Waals surface area contributed by atoms with E-state index in [4.69, 9.17) is 0 Å². The lowest BCUT2D eigenvalue weighted by molar-refractivity contribution is -0.104. The van der Waals surface area contributed by atoms with Crippen LogP contribution < -0.4 is 4.90 Å². The molecule has 0 atom stereocenters. The van der Waals surface area contributed by atoms with Crippen molar-refractivity contribution in [2.45, 2.75) is 0 Å². The van der Waals surface area contributed by atoms with E-state index in [-0.39, 0.29) is 0 Å². The molecule has 2 nitrogen and oxygen atoms in total. The summed E-state index contributed by atoms with van der Waals surface area (Å²) in [4.78, 5) is 15.0. The van der Waals surface area contributed by atoms with Gasteiger partial charge in [0.25, 0.3) is 0 Å². The molecule has 1 aromatic heterocycles. The molecule has 0 spiro atoms. The lowest BCUT2D eigenvalue weighted by Gasteiger charge is -2.25. The summed E-state index contributed by atoms with van der Waals surface area (Å²) >= 11 is 1.67. The average Bonchev–Trinajstić information content (AvgIpc) is 3.23. The zero-order valence-corrected chi connectivity index (χ0v) is 16.0. The smallest absolute Gasteiger partial charge is 0.142 e. The third-order valence-corrected chi connectivity index (χ3v) is 5.50. The number of nitrogens with zero attached hydrogens (tertiary/aromatic N) is 1. The van der Waals surface area contributed by atoms with Crippen LogP contribution in [0.4, 0.5) is 17.1 Å². The number of anilines is 3. The molecule has 0 aliphatic heterocycles. The molecule has 0 aliphatic rings. The Morgan fingerprint density at radius 1 is 0.643 bits per heavy atom. The number of benzene rings is 3. The predicted molar refractivity (Wildman–Crippen MR) is 120 cm³/mol. The Labute approximate surface area is 169 Å². The van der Waals surface area contributed by atoms with Gasteiger partial charge in [0.1, 0.15) is 6.29 Å². The van der Waals surface area contributed by atoms with E-state index in [9.17, 15) is 4.79 Å². The van der Waals surface area contributed by atoms with E-state index >= 15 is 0 Å². The summed E-state index contributed by atoms with van der Waals surface area (Å²) in [5, 5.41) is 0. The summed E-state index contributed by atoms with van der Waals surface area (Å²) in [6, 6.07) is 33.5. The largest absolute Gasteiger partial charge is 0.311 e. The summed E-state index contributed by atoms with van der Waals surface area (Å²) in [6.45, 7) is 0. The normalized spacial score (nSPS) is 10.9. The topological polar surface area (TPSA) is 20.3 Å². The van der Waals surface area contributed by atoms with Crippen LogP contribution in [0.15, 0.2) is 103 Å². The van der Waals surface area contributed by atoms with Crippen molar-refractivity contribution in [1.82, 2.24) is 0 Å². The molecule has 0 aliphatic carbocycles. The molecule has 136 valence electrons. The molecule has 3 aromatic carbocycles. The van der Waals surface area contributed by atoms with Gasteiger partial charge in [-0.25, -0.2) is 0 Å². The van der Waals surface area contributed by atoms with Crippen LogP contribution in [0.1, 0.15) is 4.88 Å². The van der Waals surface area contributed by atoms with Gasteiger partial charge in [-0.3, -0.25) is 4.79 Å². The van der Waals surface area contributed by atoms with Gasteiger partial charge >= 0.3 is 0 Å². The van der Waals surface area contributed by atoms with Crippen molar-refractivity contribution in [2.24, 2.45) is 0 Å². The average molecular weight is 382 g/mol. The summed E-state index contributed by atoms with van der Waals surface area (Å²) in [5.41, 5.74) is 4.53. The number of hydrogen-bond donors (Lipinski definition) is 0. The number of rotatable bonds is 6. The molecule has 4 aromatic rings. The molecule has 4 rings (SSSR count). The Morgan fingerprint density at radius 2 is 1.21 bits per heavy atom. The molecule has 3 heteroatoms. The molecular formula is C25H19NOS.